The molecule has 2 heterocycles. The van der Waals surface area contributed by atoms with Gasteiger partial charge in [-0.15, -0.1) is 0 Å². The van der Waals surface area contributed by atoms with E-state index >= 15 is 0 Å². The molecule has 0 saturated heterocycles. The van der Waals surface area contributed by atoms with E-state index in [2.05, 4.69) is 85.4 Å². The van der Waals surface area contributed by atoms with Gasteiger partial charge in [0.05, 0.1) is 18.0 Å². The summed E-state index contributed by atoms with van der Waals surface area (Å²) in [4.78, 5) is 0. The fraction of sp³-hybridized carbons (Fsp3) is 0.240. The first-order valence-electron chi connectivity index (χ1n) is 10.2. The molecular formula is C25H25N3O. The summed E-state index contributed by atoms with van der Waals surface area (Å²) in [6, 6.07) is 19.4. The van der Waals surface area contributed by atoms with Crippen molar-refractivity contribution in [3.05, 3.63) is 77.0 Å². The first-order valence-corrected chi connectivity index (χ1v) is 10.2. The Kier molecular flexibility index (Phi) is 4.09. The van der Waals surface area contributed by atoms with Gasteiger partial charge in [-0.1, -0.05) is 42.0 Å². The molecule has 0 spiro atoms. The number of ether oxygens (including phenoxy) is 1. The Bertz CT molecular complexity index is 1240. The van der Waals surface area contributed by atoms with Crippen molar-refractivity contribution in [1.82, 2.24) is 9.78 Å². The topological polar surface area (TPSA) is 39.1 Å². The largest absolute Gasteiger partial charge is 0.493 e. The number of aromatic nitrogens is 2. The summed E-state index contributed by atoms with van der Waals surface area (Å²) < 4.78 is 8.00. The number of rotatable bonds is 3. The van der Waals surface area contributed by atoms with Crippen molar-refractivity contribution in [3.8, 4) is 17.0 Å². The number of anilines is 1. The highest BCUT2D eigenvalue weighted by Crippen LogP contribution is 2.43. The van der Waals surface area contributed by atoms with Crippen molar-refractivity contribution < 1.29 is 4.74 Å². The standard InChI is InChI=1S/C25H25N3O/c1-5-29-23-11-10-20(18-8-6-7-9-19(18)23)25-26-24-16(3)12-15(2)13-21(24)22-14-17(4)27-28(22)25/h6-14,25-26H,5H2,1-4H3. The Balaban J connectivity index is 1.75. The molecule has 29 heavy (non-hydrogen) atoms. The molecule has 4 nitrogen and oxygen atoms in total. The molecule has 0 amide bonds. The summed E-state index contributed by atoms with van der Waals surface area (Å²) in [5.41, 5.74) is 8.29. The SMILES string of the molecule is CCOc1ccc(C2Nc3c(C)cc(C)cc3-c3cc(C)nn32)c2ccccc12. The summed E-state index contributed by atoms with van der Waals surface area (Å²) in [5.74, 6) is 0.923. The van der Waals surface area contributed by atoms with Gasteiger partial charge < -0.3 is 10.1 Å². The van der Waals surface area contributed by atoms with Crippen LogP contribution < -0.4 is 10.1 Å². The van der Waals surface area contributed by atoms with Crippen molar-refractivity contribution in [2.24, 2.45) is 0 Å². The molecular weight excluding hydrogens is 358 g/mol. The molecule has 1 N–H and O–H groups in total. The molecule has 1 unspecified atom stereocenters. The molecule has 5 rings (SSSR count). The van der Waals surface area contributed by atoms with Crippen molar-refractivity contribution in [2.75, 3.05) is 11.9 Å². The van der Waals surface area contributed by atoms with Gasteiger partial charge in [-0.05, 0) is 56.8 Å². The Morgan fingerprint density at radius 2 is 1.79 bits per heavy atom. The molecule has 1 atom stereocenters. The summed E-state index contributed by atoms with van der Waals surface area (Å²) >= 11 is 0. The van der Waals surface area contributed by atoms with Gasteiger partial charge in [-0.2, -0.15) is 5.10 Å². The molecule has 1 aliphatic rings. The highest BCUT2D eigenvalue weighted by atomic mass is 16.5. The highest BCUT2D eigenvalue weighted by molar-refractivity contribution is 5.92. The van der Waals surface area contributed by atoms with Crippen LogP contribution in [-0.4, -0.2) is 16.4 Å². The van der Waals surface area contributed by atoms with Crippen molar-refractivity contribution >= 4 is 16.5 Å². The molecule has 3 aromatic carbocycles. The number of nitrogens with zero attached hydrogens (tertiary/aromatic N) is 2. The van der Waals surface area contributed by atoms with Crippen LogP contribution in [0.4, 0.5) is 5.69 Å². The van der Waals surface area contributed by atoms with Crippen LogP contribution in [-0.2, 0) is 0 Å². The van der Waals surface area contributed by atoms with Crippen molar-refractivity contribution in [1.29, 1.82) is 0 Å². The number of benzene rings is 3. The average Bonchev–Trinajstić information content (AvgIpc) is 3.10. The molecule has 0 saturated carbocycles. The third kappa shape index (κ3) is 2.79. The smallest absolute Gasteiger partial charge is 0.147 e. The maximum atomic E-state index is 5.88. The second-order valence-electron chi connectivity index (χ2n) is 7.80. The van der Waals surface area contributed by atoms with Crippen molar-refractivity contribution in [2.45, 2.75) is 33.9 Å². The van der Waals surface area contributed by atoms with Gasteiger partial charge in [0.25, 0.3) is 0 Å². The number of nitrogens with one attached hydrogen (secondary N) is 1. The predicted octanol–water partition coefficient (Wildman–Crippen LogP) is 6.00. The van der Waals surface area contributed by atoms with Crippen LogP contribution in [0.25, 0.3) is 22.0 Å². The normalized spacial score (nSPS) is 15.0. The Morgan fingerprint density at radius 3 is 2.59 bits per heavy atom. The lowest BCUT2D eigenvalue weighted by molar-refractivity contribution is 0.344. The van der Waals surface area contributed by atoms with Gasteiger partial charge >= 0.3 is 0 Å². The van der Waals surface area contributed by atoms with Gasteiger partial charge in [0.15, 0.2) is 0 Å². The Morgan fingerprint density at radius 1 is 1.00 bits per heavy atom. The molecule has 0 fully saturated rings. The zero-order valence-electron chi connectivity index (χ0n) is 17.3. The first-order chi connectivity index (χ1) is 14.1. The average molecular weight is 383 g/mol. The van der Waals surface area contributed by atoms with Gasteiger partial charge in [0.2, 0.25) is 0 Å². The van der Waals surface area contributed by atoms with E-state index in [0.29, 0.717) is 6.61 Å². The summed E-state index contributed by atoms with van der Waals surface area (Å²) in [5, 5.41) is 11.0. The quantitative estimate of drug-likeness (QED) is 0.472. The summed E-state index contributed by atoms with van der Waals surface area (Å²) in [6.07, 6.45) is -0.0758. The number of hydrogen-bond acceptors (Lipinski definition) is 3. The van der Waals surface area contributed by atoms with Crippen LogP contribution in [0.1, 0.15) is 35.5 Å². The van der Waals surface area contributed by atoms with E-state index in [1.807, 2.05) is 6.92 Å². The van der Waals surface area contributed by atoms with Crippen LogP contribution in [0, 0.1) is 20.8 Å². The molecule has 1 aliphatic heterocycles. The van der Waals surface area contributed by atoms with Gasteiger partial charge in [-0.25, -0.2) is 4.68 Å². The maximum Gasteiger partial charge on any atom is 0.147 e. The molecule has 0 radical (unpaired) electrons. The van der Waals surface area contributed by atoms with E-state index in [0.717, 1.165) is 22.5 Å². The lowest BCUT2D eigenvalue weighted by Crippen LogP contribution is -2.26. The highest BCUT2D eigenvalue weighted by Gasteiger charge is 2.29. The second kappa shape index (κ2) is 6.66. The van der Waals surface area contributed by atoms with Gasteiger partial charge in [-0.3, -0.25) is 0 Å². The lowest BCUT2D eigenvalue weighted by atomic mass is 9.96. The monoisotopic (exact) mass is 383 g/mol. The molecule has 0 aliphatic carbocycles. The van der Waals surface area contributed by atoms with E-state index in [-0.39, 0.29) is 6.17 Å². The fourth-order valence-corrected chi connectivity index (χ4v) is 4.50. The van der Waals surface area contributed by atoms with E-state index in [1.165, 1.54) is 33.3 Å². The van der Waals surface area contributed by atoms with E-state index in [1.54, 1.807) is 0 Å². The number of hydrogen-bond donors (Lipinski definition) is 1. The van der Waals surface area contributed by atoms with Crippen LogP contribution in [0.2, 0.25) is 0 Å². The minimum Gasteiger partial charge on any atom is -0.493 e. The number of aryl methyl sites for hydroxylation is 3. The molecule has 1 aromatic heterocycles. The third-order valence-electron chi connectivity index (χ3n) is 5.65. The van der Waals surface area contributed by atoms with Crippen LogP contribution in [0.15, 0.2) is 54.6 Å². The van der Waals surface area contributed by atoms with E-state index in [4.69, 9.17) is 9.84 Å². The predicted molar refractivity (Wildman–Crippen MR) is 119 cm³/mol. The maximum absolute atomic E-state index is 5.88. The molecule has 0 bridgehead atoms. The minimum atomic E-state index is -0.0758. The minimum absolute atomic E-state index is 0.0758. The van der Waals surface area contributed by atoms with Crippen LogP contribution in [0.5, 0.6) is 5.75 Å². The van der Waals surface area contributed by atoms with E-state index in [9.17, 15) is 0 Å². The molecule has 4 aromatic rings. The molecule has 146 valence electrons. The second-order valence-corrected chi connectivity index (χ2v) is 7.80. The van der Waals surface area contributed by atoms with Gasteiger partial charge in [0, 0.05) is 22.2 Å². The van der Waals surface area contributed by atoms with Crippen molar-refractivity contribution in [3.63, 3.8) is 0 Å². The van der Waals surface area contributed by atoms with Crippen LogP contribution in [0.3, 0.4) is 0 Å². The summed E-state index contributed by atoms with van der Waals surface area (Å²) in [6.45, 7) is 9.05. The zero-order valence-corrected chi connectivity index (χ0v) is 17.3. The Labute approximate surface area is 171 Å². The lowest BCUT2D eigenvalue weighted by Gasteiger charge is -2.31. The fourth-order valence-electron chi connectivity index (χ4n) is 4.50. The molecule has 4 heteroatoms. The van der Waals surface area contributed by atoms with Gasteiger partial charge in [0.1, 0.15) is 11.9 Å². The first kappa shape index (κ1) is 17.8. The van der Waals surface area contributed by atoms with E-state index < -0.39 is 0 Å². The third-order valence-corrected chi connectivity index (χ3v) is 5.65. The van der Waals surface area contributed by atoms with Crippen LogP contribution >= 0.6 is 0 Å². The Hall–Kier alpha value is -3.27. The zero-order chi connectivity index (χ0) is 20.1. The number of fused-ring (bicyclic) bond motifs is 4. The summed E-state index contributed by atoms with van der Waals surface area (Å²) in [7, 11) is 0.